The number of nitrogens with zero attached hydrogens (tertiary/aromatic N) is 2. The van der Waals surface area contributed by atoms with Gasteiger partial charge >= 0.3 is 0 Å². The molecule has 0 saturated heterocycles. The van der Waals surface area contributed by atoms with Gasteiger partial charge in [0.25, 0.3) is 0 Å². The molecule has 0 aliphatic heterocycles. The van der Waals surface area contributed by atoms with Crippen LogP contribution < -0.4 is 5.32 Å². The van der Waals surface area contributed by atoms with E-state index in [9.17, 15) is 4.39 Å². The largest absolute Gasteiger partial charge is 0.305 e. The normalized spacial score (nSPS) is 12.5. The van der Waals surface area contributed by atoms with Gasteiger partial charge in [-0.05, 0) is 45.0 Å². The minimum Gasteiger partial charge on any atom is -0.305 e. The minimum absolute atomic E-state index is 0.191. The van der Waals surface area contributed by atoms with Crippen molar-refractivity contribution >= 4 is 11.3 Å². The number of aryl methyl sites for hydroxylation is 2. The van der Waals surface area contributed by atoms with E-state index in [-0.39, 0.29) is 11.9 Å². The van der Waals surface area contributed by atoms with Crippen LogP contribution in [0.15, 0.2) is 30.5 Å². The molecular weight excluding hydrogens is 311 g/mol. The van der Waals surface area contributed by atoms with E-state index < -0.39 is 0 Å². The molecule has 23 heavy (non-hydrogen) atoms. The standard InChI is InChI=1S/C17H19FN4S/c1-10-14(9-20-22-10)8-19-11(2)16-12(3)21-17(23-16)13-4-6-15(18)7-5-13/h4-7,9,11,19H,8H2,1-3H3,(H,20,22)/t11-/m0/s1. The van der Waals surface area contributed by atoms with Gasteiger partial charge in [-0.2, -0.15) is 5.10 Å². The highest BCUT2D eigenvalue weighted by molar-refractivity contribution is 7.15. The topological polar surface area (TPSA) is 53.6 Å². The highest BCUT2D eigenvalue weighted by atomic mass is 32.1. The molecule has 3 aromatic rings. The van der Waals surface area contributed by atoms with E-state index in [2.05, 4.69) is 27.4 Å². The molecular formula is C17H19FN4S. The number of hydrogen-bond acceptors (Lipinski definition) is 4. The van der Waals surface area contributed by atoms with Gasteiger partial charge in [0.2, 0.25) is 0 Å². The maximum atomic E-state index is 13.0. The third-order valence-electron chi connectivity index (χ3n) is 3.85. The van der Waals surface area contributed by atoms with Crippen LogP contribution in [0.1, 0.15) is 34.8 Å². The number of thiazole rings is 1. The minimum atomic E-state index is -0.229. The smallest absolute Gasteiger partial charge is 0.123 e. The molecule has 0 unspecified atom stereocenters. The number of halogens is 1. The molecule has 1 aromatic carbocycles. The fourth-order valence-corrected chi connectivity index (χ4v) is 3.53. The molecule has 6 heteroatoms. The molecule has 0 bridgehead atoms. The first-order valence-corrected chi connectivity index (χ1v) is 8.31. The van der Waals surface area contributed by atoms with Gasteiger partial charge in [-0.1, -0.05) is 0 Å². The first kappa shape index (κ1) is 15.8. The fourth-order valence-electron chi connectivity index (χ4n) is 2.44. The number of hydrogen-bond donors (Lipinski definition) is 2. The van der Waals surface area contributed by atoms with Crippen molar-refractivity contribution in [3.05, 3.63) is 58.1 Å². The van der Waals surface area contributed by atoms with Crippen molar-refractivity contribution in [2.75, 3.05) is 0 Å². The Bertz CT molecular complexity index is 791. The Morgan fingerprint density at radius 2 is 2.00 bits per heavy atom. The third kappa shape index (κ3) is 3.48. The Labute approximate surface area is 138 Å². The van der Waals surface area contributed by atoms with Gasteiger partial charge in [0.05, 0.1) is 11.9 Å². The summed E-state index contributed by atoms with van der Waals surface area (Å²) in [7, 11) is 0. The predicted octanol–water partition coefficient (Wildman–Crippen LogP) is 4.14. The zero-order chi connectivity index (χ0) is 16.4. The second-order valence-electron chi connectivity index (χ2n) is 5.60. The fraction of sp³-hybridized carbons (Fsp3) is 0.294. The van der Waals surface area contributed by atoms with Crippen molar-refractivity contribution in [1.29, 1.82) is 0 Å². The Hall–Kier alpha value is -2.05. The number of nitrogens with one attached hydrogen (secondary N) is 2. The summed E-state index contributed by atoms with van der Waals surface area (Å²) in [6.45, 7) is 6.91. The van der Waals surface area contributed by atoms with Crippen LogP contribution in [0, 0.1) is 19.7 Å². The molecule has 4 nitrogen and oxygen atoms in total. The summed E-state index contributed by atoms with van der Waals surface area (Å²) < 4.78 is 13.0. The lowest BCUT2D eigenvalue weighted by atomic mass is 10.2. The average molecular weight is 330 g/mol. The van der Waals surface area contributed by atoms with E-state index in [0.717, 1.165) is 34.1 Å². The van der Waals surface area contributed by atoms with E-state index in [1.807, 2.05) is 20.0 Å². The van der Waals surface area contributed by atoms with E-state index in [1.54, 1.807) is 23.5 Å². The van der Waals surface area contributed by atoms with Crippen LogP contribution in [0.4, 0.5) is 4.39 Å². The summed E-state index contributed by atoms with van der Waals surface area (Å²) in [4.78, 5) is 5.83. The lowest BCUT2D eigenvalue weighted by Crippen LogP contribution is -2.18. The lowest BCUT2D eigenvalue weighted by Gasteiger charge is -2.12. The van der Waals surface area contributed by atoms with Crippen LogP contribution in [0.2, 0.25) is 0 Å². The number of benzene rings is 1. The summed E-state index contributed by atoms with van der Waals surface area (Å²) in [5.74, 6) is -0.229. The van der Waals surface area contributed by atoms with E-state index in [4.69, 9.17) is 0 Å². The summed E-state index contributed by atoms with van der Waals surface area (Å²) in [5, 5.41) is 11.4. The van der Waals surface area contributed by atoms with Crippen molar-refractivity contribution in [2.45, 2.75) is 33.4 Å². The highest BCUT2D eigenvalue weighted by Gasteiger charge is 2.15. The van der Waals surface area contributed by atoms with Crippen molar-refractivity contribution < 1.29 is 4.39 Å². The Balaban J connectivity index is 1.75. The molecule has 1 atom stereocenters. The van der Waals surface area contributed by atoms with Gasteiger partial charge < -0.3 is 5.32 Å². The molecule has 120 valence electrons. The first-order valence-electron chi connectivity index (χ1n) is 7.50. The molecule has 0 fully saturated rings. The Kier molecular flexibility index (Phi) is 4.54. The SMILES string of the molecule is Cc1nc(-c2ccc(F)cc2)sc1[C@H](C)NCc1cn[nH]c1C. The van der Waals surface area contributed by atoms with Crippen LogP contribution in [0.25, 0.3) is 10.6 Å². The molecule has 0 amide bonds. The van der Waals surface area contributed by atoms with E-state index >= 15 is 0 Å². The van der Waals surface area contributed by atoms with Gasteiger partial charge in [0.15, 0.2) is 0 Å². The maximum Gasteiger partial charge on any atom is 0.123 e. The van der Waals surface area contributed by atoms with Crippen LogP contribution >= 0.6 is 11.3 Å². The zero-order valence-corrected chi connectivity index (χ0v) is 14.2. The van der Waals surface area contributed by atoms with Crippen LogP contribution in [-0.2, 0) is 6.54 Å². The van der Waals surface area contributed by atoms with Crippen LogP contribution in [0.3, 0.4) is 0 Å². The van der Waals surface area contributed by atoms with E-state index in [0.29, 0.717) is 0 Å². The van der Waals surface area contributed by atoms with Gasteiger partial charge in [-0.15, -0.1) is 11.3 Å². The zero-order valence-electron chi connectivity index (χ0n) is 13.4. The molecule has 0 saturated carbocycles. The molecule has 0 aliphatic rings. The maximum absolute atomic E-state index is 13.0. The molecule has 2 heterocycles. The van der Waals surface area contributed by atoms with Gasteiger partial charge in [-0.3, -0.25) is 5.10 Å². The summed E-state index contributed by atoms with van der Waals surface area (Å²) in [6, 6.07) is 6.66. The van der Waals surface area contributed by atoms with Gasteiger partial charge in [0, 0.05) is 34.3 Å². The Morgan fingerprint density at radius 3 is 2.65 bits per heavy atom. The highest BCUT2D eigenvalue weighted by Crippen LogP contribution is 2.32. The second kappa shape index (κ2) is 6.60. The van der Waals surface area contributed by atoms with Gasteiger partial charge in [-0.25, -0.2) is 9.37 Å². The number of H-pyrrole nitrogens is 1. The first-order chi connectivity index (χ1) is 11.0. The van der Waals surface area contributed by atoms with Crippen LogP contribution in [0.5, 0.6) is 0 Å². The number of rotatable bonds is 5. The summed E-state index contributed by atoms with van der Waals surface area (Å²) >= 11 is 1.65. The quantitative estimate of drug-likeness (QED) is 0.739. The Morgan fingerprint density at radius 1 is 1.26 bits per heavy atom. The van der Waals surface area contributed by atoms with E-state index in [1.165, 1.54) is 17.0 Å². The van der Waals surface area contributed by atoms with Gasteiger partial charge in [0.1, 0.15) is 10.8 Å². The third-order valence-corrected chi connectivity index (χ3v) is 5.24. The molecule has 0 radical (unpaired) electrons. The lowest BCUT2D eigenvalue weighted by molar-refractivity contribution is 0.578. The average Bonchev–Trinajstić information content (AvgIpc) is 3.11. The molecule has 3 rings (SSSR count). The van der Waals surface area contributed by atoms with Crippen molar-refractivity contribution in [2.24, 2.45) is 0 Å². The molecule has 2 aromatic heterocycles. The van der Waals surface area contributed by atoms with Crippen molar-refractivity contribution in [1.82, 2.24) is 20.5 Å². The summed E-state index contributed by atoms with van der Waals surface area (Å²) in [5.41, 5.74) is 4.21. The molecule has 0 spiro atoms. The summed E-state index contributed by atoms with van der Waals surface area (Å²) in [6.07, 6.45) is 1.85. The number of aromatic amines is 1. The second-order valence-corrected chi connectivity index (χ2v) is 6.63. The van der Waals surface area contributed by atoms with Crippen LogP contribution in [-0.4, -0.2) is 15.2 Å². The molecule has 2 N–H and O–H groups in total. The molecule has 0 aliphatic carbocycles. The van der Waals surface area contributed by atoms with Crippen molar-refractivity contribution in [3.63, 3.8) is 0 Å². The number of aromatic nitrogens is 3. The van der Waals surface area contributed by atoms with Crippen molar-refractivity contribution in [3.8, 4) is 10.6 Å². The monoisotopic (exact) mass is 330 g/mol. The predicted molar refractivity (Wildman–Crippen MR) is 90.8 cm³/mol.